The fraction of sp³-hybridized carbons (Fsp3) is 0.500. The molecule has 1 aliphatic carbocycles. The van der Waals surface area contributed by atoms with Crippen molar-refractivity contribution in [2.75, 3.05) is 0 Å². The van der Waals surface area contributed by atoms with E-state index in [0.717, 1.165) is 10.0 Å². The number of hydrogen-bond acceptors (Lipinski definition) is 1. The molecular formula is C14H16BrClO. The van der Waals surface area contributed by atoms with E-state index in [9.17, 15) is 4.79 Å². The van der Waals surface area contributed by atoms with Crippen LogP contribution in [-0.4, -0.2) is 5.78 Å². The molecule has 1 aromatic carbocycles. The lowest BCUT2D eigenvalue weighted by Crippen LogP contribution is -2.12. The van der Waals surface area contributed by atoms with Crippen molar-refractivity contribution in [3.63, 3.8) is 0 Å². The molecule has 1 nitrogen and oxygen atoms in total. The minimum Gasteiger partial charge on any atom is -0.294 e. The Bertz CT molecular complexity index is 411. The Morgan fingerprint density at radius 1 is 1.29 bits per heavy atom. The molecule has 0 aromatic heterocycles. The highest BCUT2D eigenvalue weighted by Crippen LogP contribution is 2.29. The molecule has 0 bridgehead atoms. The van der Waals surface area contributed by atoms with Crippen LogP contribution in [0.1, 0.15) is 48.9 Å². The molecule has 0 amide bonds. The standard InChI is InChI=1S/C14H16BrClO/c15-12-9-11(6-7-13(12)16)14(17)8-10-4-2-1-3-5-10/h6-7,9-10H,1-5,8H2. The zero-order valence-corrected chi connectivity index (χ0v) is 12.1. The first kappa shape index (κ1) is 13.1. The quantitative estimate of drug-likeness (QED) is 0.696. The second kappa shape index (κ2) is 6.01. The third-order valence-corrected chi connectivity index (χ3v) is 4.65. The Balaban J connectivity index is 2.01. The van der Waals surface area contributed by atoms with Crippen LogP contribution in [0.5, 0.6) is 0 Å². The molecule has 0 atom stereocenters. The van der Waals surface area contributed by atoms with E-state index >= 15 is 0 Å². The number of hydrogen-bond donors (Lipinski definition) is 0. The van der Waals surface area contributed by atoms with Crippen LogP contribution in [0.2, 0.25) is 5.02 Å². The van der Waals surface area contributed by atoms with Crippen LogP contribution in [0.3, 0.4) is 0 Å². The summed E-state index contributed by atoms with van der Waals surface area (Å²) in [7, 11) is 0. The molecule has 3 heteroatoms. The fourth-order valence-electron chi connectivity index (χ4n) is 2.44. The first-order valence-corrected chi connectivity index (χ1v) is 7.32. The van der Waals surface area contributed by atoms with Crippen LogP contribution in [-0.2, 0) is 0 Å². The van der Waals surface area contributed by atoms with E-state index < -0.39 is 0 Å². The van der Waals surface area contributed by atoms with Crippen molar-refractivity contribution in [3.05, 3.63) is 33.3 Å². The minimum absolute atomic E-state index is 0.245. The molecule has 17 heavy (non-hydrogen) atoms. The number of halogens is 2. The van der Waals surface area contributed by atoms with E-state index in [4.69, 9.17) is 11.6 Å². The number of carbonyl (C=O) groups is 1. The SMILES string of the molecule is O=C(CC1CCCCC1)c1ccc(Cl)c(Br)c1. The summed E-state index contributed by atoms with van der Waals surface area (Å²) in [6, 6.07) is 5.42. The van der Waals surface area contributed by atoms with Crippen molar-refractivity contribution in [1.29, 1.82) is 0 Å². The maximum Gasteiger partial charge on any atom is 0.163 e. The average Bonchev–Trinajstić information content (AvgIpc) is 2.34. The van der Waals surface area contributed by atoms with Gasteiger partial charge in [-0.15, -0.1) is 0 Å². The van der Waals surface area contributed by atoms with Gasteiger partial charge >= 0.3 is 0 Å². The summed E-state index contributed by atoms with van der Waals surface area (Å²) in [5.41, 5.74) is 0.770. The minimum atomic E-state index is 0.245. The predicted octanol–water partition coefficient (Wildman–Crippen LogP) is 5.26. The van der Waals surface area contributed by atoms with Gasteiger partial charge in [0.05, 0.1) is 5.02 Å². The highest BCUT2D eigenvalue weighted by Gasteiger charge is 2.18. The topological polar surface area (TPSA) is 17.1 Å². The third kappa shape index (κ3) is 3.56. The highest BCUT2D eigenvalue weighted by molar-refractivity contribution is 9.10. The normalized spacial score (nSPS) is 17.1. The van der Waals surface area contributed by atoms with Gasteiger partial charge in [-0.25, -0.2) is 0 Å². The summed E-state index contributed by atoms with van der Waals surface area (Å²) in [4.78, 5) is 12.1. The van der Waals surface area contributed by atoms with Crippen molar-refractivity contribution in [1.82, 2.24) is 0 Å². The molecule has 1 fully saturated rings. The van der Waals surface area contributed by atoms with Crippen LogP contribution in [0.4, 0.5) is 0 Å². The molecule has 1 aliphatic rings. The van der Waals surface area contributed by atoms with Crippen LogP contribution < -0.4 is 0 Å². The van der Waals surface area contributed by atoms with Gasteiger partial charge in [0.25, 0.3) is 0 Å². The number of Topliss-reactive ketones (excluding diaryl/α,β-unsaturated/α-hetero) is 1. The highest BCUT2D eigenvalue weighted by atomic mass is 79.9. The number of benzene rings is 1. The number of rotatable bonds is 3. The average molecular weight is 316 g/mol. The Morgan fingerprint density at radius 3 is 2.65 bits per heavy atom. The number of carbonyl (C=O) groups excluding carboxylic acids is 1. The first-order valence-electron chi connectivity index (χ1n) is 6.15. The monoisotopic (exact) mass is 314 g/mol. The summed E-state index contributed by atoms with van der Waals surface area (Å²) in [6.45, 7) is 0. The van der Waals surface area contributed by atoms with E-state index in [2.05, 4.69) is 15.9 Å². The van der Waals surface area contributed by atoms with Crippen molar-refractivity contribution >= 4 is 33.3 Å². The fourth-order valence-corrected chi connectivity index (χ4v) is 2.94. The second-order valence-electron chi connectivity index (χ2n) is 4.76. The predicted molar refractivity (Wildman–Crippen MR) is 74.7 cm³/mol. The molecule has 0 spiro atoms. The van der Waals surface area contributed by atoms with Gasteiger partial charge < -0.3 is 0 Å². The van der Waals surface area contributed by atoms with Gasteiger partial charge in [0.15, 0.2) is 5.78 Å². The zero-order chi connectivity index (χ0) is 12.3. The molecule has 0 aliphatic heterocycles. The van der Waals surface area contributed by atoms with Gasteiger partial charge in [-0.2, -0.15) is 0 Å². The molecular weight excluding hydrogens is 300 g/mol. The molecule has 0 heterocycles. The smallest absolute Gasteiger partial charge is 0.163 e. The molecule has 2 rings (SSSR count). The molecule has 1 saturated carbocycles. The summed E-state index contributed by atoms with van der Waals surface area (Å²) in [5, 5.41) is 0.652. The lowest BCUT2D eigenvalue weighted by Gasteiger charge is -2.20. The molecule has 1 aromatic rings. The van der Waals surface area contributed by atoms with Gasteiger partial charge in [0, 0.05) is 16.5 Å². The van der Waals surface area contributed by atoms with E-state index in [1.54, 1.807) is 6.07 Å². The summed E-state index contributed by atoms with van der Waals surface area (Å²) in [6.07, 6.45) is 7.00. The summed E-state index contributed by atoms with van der Waals surface area (Å²) < 4.78 is 0.800. The maximum absolute atomic E-state index is 12.1. The van der Waals surface area contributed by atoms with Gasteiger partial charge in [-0.3, -0.25) is 4.79 Å². The van der Waals surface area contributed by atoms with E-state index in [-0.39, 0.29) is 5.78 Å². The largest absolute Gasteiger partial charge is 0.294 e. The van der Waals surface area contributed by atoms with Crippen LogP contribution >= 0.6 is 27.5 Å². The summed E-state index contributed by atoms with van der Waals surface area (Å²) >= 11 is 9.27. The maximum atomic E-state index is 12.1. The van der Waals surface area contributed by atoms with Gasteiger partial charge in [-0.05, 0) is 40.0 Å². The molecule has 92 valence electrons. The molecule has 0 saturated heterocycles. The van der Waals surface area contributed by atoms with Crippen LogP contribution in [0, 0.1) is 5.92 Å². The Labute approximate surface area is 116 Å². The van der Waals surface area contributed by atoms with E-state index in [1.165, 1.54) is 32.1 Å². The lowest BCUT2D eigenvalue weighted by molar-refractivity contribution is 0.0950. The molecule has 0 radical (unpaired) electrons. The van der Waals surface area contributed by atoms with Crippen LogP contribution in [0.25, 0.3) is 0 Å². The van der Waals surface area contributed by atoms with Crippen LogP contribution in [0.15, 0.2) is 22.7 Å². The van der Waals surface area contributed by atoms with E-state index in [0.29, 0.717) is 17.4 Å². The Hall–Kier alpha value is -0.340. The van der Waals surface area contributed by atoms with Gasteiger partial charge in [-0.1, -0.05) is 43.7 Å². The molecule has 0 unspecified atom stereocenters. The Morgan fingerprint density at radius 2 is 2.00 bits per heavy atom. The van der Waals surface area contributed by atoms with Crippen molar-refractivity contribution in [2.24, 2.45) is 5.92 Å². The molecule has 0 N–H and O–H groups in total. The van der Waals surface area contributed by atoms with Crippen molar-refractivity contribution < 1.29 is 4.79 Å². The third-order valence-electron chi connectivity index (χ3n) is 3.44. The zero-order valence-electron chi connectivity index (χ0n) is 9.72. The van der Waals surface area contributed by atoms with Gasteiger partial charge in [0.2, 0.25) is 0 Å². The lowest BCUT2D eigenvalue weighted by atomic mass is 9.85. The van der Waals surface area contributed by atoms with Crippen molar-refractivity contribution in [3.8, 4) is 0 Å². The number of ketones is 1. The van der Waals surface area contributed by atoms with Crippen molar-refractivity contribution in [2.45, 2.75) is 38.5 Å². The van der Waals surface area contributed by atoms with Gasteiger partial charge in [0.1, 0.15) is 0 Å². The second-order valence-corrected chi connectivity index (χ2v) is 6.02. The summed E-state index contributed by atoms with van der Waals surface area (Å²) in [5.74, 6) is 0.833. The first-order chi connectivity index (χ1) is 8.16. The van der Waals surface area contributed by atoms with E-state index in [1.807, 2.05) is 12.1 Å². The Kier molecular flexibility index (Phi) is 4.63.